The molecule has 0 unspecified atom stereocenters. The summed E-state index contributed by atoms with van der Waals surface area (Å²) in [5.74, 6) is 1.29. The van der Waals surface area contributed by atoms with Crippen molar-refractivity contribution < 1.29 is 13.9 Å². The summed E-state index contributed by atoms with van der Waals surface area (Å²) in [6.07, 6.45) is 3.92. The third-order valence-electron chi connectivity index (χ3n) is 3.71. The molecule has 0 radical (unpaired) electrons. The van der Waals surface area contributed by atoms with Crippen molar-refractivity contribution in [3.05, 3.63) is 47.4 Å². The van der Waals surface area contributed by atoms with Gasteiger partial charge in [0.25, 0.3) is 5.88 Å². The average molecular weight is 337 g/mol. The maximum Gasteiger partial charge on any atom is 0.262 e. The molecule has 2 aromatic rings. The fourth-order valence-electron chi connectivity index (χ4n) is 2.50. The number of halogens is 2. The van der Waals surface area contributed by atoms with Crippen LogP contribution in [0.3, 0.4) is 0 Å². The van der Waals surface area contributed by atoms with Crippen molar-refractivity contribution in [3.8, 4) is 17.4 Å². The molecule has 1 aliphatic heterocycles. The smallest absolute Gasteiger partial charge is 0.262 e. The minimum atomic E-state index is -0.412. The predicted octanol–water partition coefficient (Wildman–Crippen LogP) is 4.04. The number of hydrogen-bond donors (Lipinski definition) is 1. The molecule has 2 heterocycles. The largest absolute Gasteiger partial charge is 0.488 e. The monoisotopic (exact) mass is 336 g/mol. The van der Waals surface area contributed by atoms with Gasteiger partial charge in [-0.2, -0.15) is 0 Å². The van der Waals surface area contributed by atoms with Gasteiger partial charge in [-0.05, 0) is 49.7 Å². The van der Waals surface area contributed by atoms with Crippen molar-refractivity contribution in [2.45, 2.75) is 12.8 Å². The van der Waals surface area contributed by atoms with Crippen molar-refractivity contribution in [1.29, 1.82) is 0 Å². The second kappa shape index (κ2) is 7.62. The van der Waals surface area contributed by atoms with E-state index in [4.69, 9.17) is 21.1 Å². The van der Waals surface area contributed by atoms with E-state index in [0.717, 1.165) is 25.9 Å². The van der Waals surface area contributed by atoms with E-state index >= 15 is 0 Å². The van der Waals surface area contributed by atoms with Gasteiger partial charge in [-0.25, -0.2) is 9.37 Å². The Bertz CT molecular complexity index is 663. The molecule has 0 bridgehead atoms. The van der Waals surface area contributed by atoms with Gasteiger partial charge in [0.05, 0.1) is 11.6 Å². The zero-order chi connectivity index (χ0) is 16.1. The summed E-state index contributed by atoms with van der Waals surface area (Å²) in [4.78, 5) is 4.19. The maximum atomic E-state index is 13.1. The molecule has 1 aliphatic rings. The molecule has 1 aromatic heterocycles. The number of hydrogen-bond acceptors (Lipinski definition) is 4. The van der Waals surface area contributed by atoms with Gasteiger partial charge < -0.3 is 14.8 Å². The molecule has 0 amide bonds. The van der Waals surface area contributed by atoms with Crippen molar-refractivity contribution in [3.63, 3.8) is 0 Å². The fraction of sp³-hybridized carbons (Fsp3) is 0.353. The number of nitrogens with one attached hydrogen (secondary N) is 1. The van der Waals surface area contributed by atoms with Crippen LogP contribution in [0.25, 0.3) is 0 Å². The van der Waals surface area contributed by atoms with E-state index in [9.17, 15) is 4.39 Å². The lowest BCUT2D eigenvalue weighted by molar-refractivity contribution is 0.212. The van der Waals surface area contributed by atoms with Gasteiger partial charge in [0, 0.05) is 18.7 Å². The molecule has 23 heavy (non-hydrogen) atoms. The Morgan fingerprint density at radius 3 is 3.00 bits per heavy atom. The molecule has 0 aliphatic carbocycles. The second-order valence-corrected chi connectivity index (χ2v) is 5.91. The van der Waals surface area contributed by atoms with E-state index in [0.29, 0.717) is 29.9 Å². The van der Waals surface area contributed by atoms with Gasteiger partial charge >= 0.3 is 0 Å². The van der Waals surface area contributed by atoms with Crippen LogP contribution in [-0.2, 0) is 0 Å². The Hall–Kier alpha value is -1.85. The van der Waals surface area contributed by atoms with E-state index in [2.05, 4.69) is 10.3 Å². The molecule has 122 valence electrons. The molecule has 1 N–H and O–H groups in total. The molecule has 3 rings (SSSR count). The number of benzene rings is 1. The molecule has 6 heteroatoms. The Balaban J connectivity index is 1.69. The lowest BCUT2D eigenvalue weighted by Gasteiger charge is -2.23. The van der Waals surface area contributed by atoms with E-state index < -0.39 is 5.82 Å². The topological polar surface area (TPSA) is 43.4 Å². The molecular weight excluding hydrogens is 319 g/mol. The van der Waals surface area contributed by atoms with Crippen LogP contribution in [0.4, 0.5) is 4.39 Å². The van der Waals surface area contributed by atoms with Crippen molar-refractivity contribution in [2.75, 3.05) is 19.7 Å². The highest BCUT2D eigenvalue weighted by Crippen LogP contribution is 2.33. The van der Waals surface area contributed by atoms with Crippen LogP contribution in [0.1, 0.15) is 12.8 Å². The number of piperidine rings is 1. The highest BCUT2D eigenvalue weighted by atomic mass is 35.5. The van der Waals surface area contributed by atoms with Gasteiger partial charge in [-0.3, -0.25) is 0 Å². The highest BCUT2D eigenvalue weighted by Gasteiger charge is 2.16. The number of rotatable bonds is 5. The summed E-state index contributed by atoms with van der Waals surface area (Å²) in [5, 5.41) is 3.55. The first-order chi connectivity index (χ1) is 11.2. The van der Waals surface area contributed by atoms with E-state index in [1.54, 1.807) is 18.3 Å². The van der Waals surface area contributed by atoms with Crippen LogP contribution in [0, 0.1) is 11.7 Å². The molecule has 1 atom stereocenters. The standard InChI is InChI=1S/C17H18ClFN2O2/c18-14-9-13(19)5-6-15(14)23-17-16(4-2-8-21-17)22-11-12-3-1-7-20-10-12/h2,4-6,8-9,12,20H,1,3,7,10-11H2/t12-/m0/s1. The molecule has 1 aromatic carbocycles. The average Bonchev–Trinajstić information content (AvgIpc) is 2.57. The molecule has 1 saturated heterocycles. The number of pyridine rings is 1. The predicted molar refractivity (Wildman–Crippen MR) is 86.8 cm³/mol. The fourth-order valence-corrected chi connectivity index (χ4v) is 2.70. The van der Waals surface area contributed by atoms with E-state index in [1.165, 1.54) is 18.2 Å². The first kappa shape index (κ1) is 16.0. The Morgan fingerprint density at radius 2 is 2.22 bits per heavy atom. The summed E-state index contributed by atoms with van der Waals surface area (Å²) in [6.45, 7) is 2.63. The van der Waals surface area contributed by atoms with E-state index in [-0.39, 0.29) is 5.02 Å². The SMILES string of the molecule is Fc1ccc(Oc2ncccc2OC[C@H]2CCCNC2)c(Cl)c1. The Morgan fingerprint density at radius 1 is 1.30 bits per heavy atom. The van der Waals surface area contributed by atoms with Gasteiger partial charge in [0.2, 0.25) is 0 Å². The lowest BCUT2D eigenvalue weighted by Crippen LogP contribution is -2.33. The second-order valence-electron chi connectivity index (χ2n) is 5.51. The van der Waals surface area contributed by atoms with Gasteiger partial charge in [-0.1, -0.05) is 11.6 Å². The van der Waals surface area contributed by atoms with Crippen LogP contribution in [0.15, 0.2) is 36.5 Å². The minimum Gasteiger partial charge on any atom is -0.488 e. The van der Waals surface area contributed by atoms with Gasteiger partial charge in [0.15, 0.2) is 5.75 Å². The van der Waals surface area contributed by atoms with Crippen LogP contribution in [-0.4, -0.2) is 24.7 Å². The summed E-state index contributed by atoms with van der Waals surface area (Å²) >= 11 is 5.99. The third kappa shape index (κ3) is 4.33. The van der Waals surface area contributed by atoms with Crippen molar-refractivity contribution in [2.24, 2.45) is 5.92 Å². The number of nitrogens with zero attached hydrogens (tertiary/aromatic N) is 1. The third-order valence-corrected chi connectivity index (χ3v) is 4.01. The zero-order valence-electron chi connectivity index (χ0n) is 12.6. The normalized spacial score (nSPS) is 17.7. The first-order valence-corrected chi connectivity index (χ1v) is 8.01. The first-order valence-electron chi connectivity index (χ1n) is 7.64. The Kier molecular flexibility index (Phi) is 5.31. The maximum absolute atomic E-state index is 13.1. The lowest BCUT2D eigenvalue weighted by atomic mass is 10.0. The summed E-state index contributed by atoms with van der Waals surface area (Å²) in [7, 11) is 0. The minimum absolute atomic E-state index is 0.193. The summed E-state index contributed by atoms with van der Waals surface area (Å²) in [6, 6.07) is 7.55. The summed E-state index contributed by atoms with van der Waals surface area (Å²) in [5.41, 5.74) is 0. The number of aromatic nitrogens is 1. The van der Waals surface area contributed by atoms with Gasteiger partial charge in [-0.15, -0.1) is 0 Å². The quantitative estimate of drug-likeness (QED) is 0.894. The zero-order valence-corrected chi connectivity index (χ0v) is 13.4. The molecule has 1 fully saturated rings. The summed E-state index contributed by atoms with van der Waals surface area (Å²) < 4.78 is 24.7. The van der Waals surface area contributed by atoms with Crippen LogP contribution in [0.5, 0.6) is 17.4 Å². The van der Waals surface area contributed by atoms with Crippen LogP contribution in [0.2, 0.25) is 5.02 Å². The van der Waals surface area contributed by atoms with Crippen LogP contribution < -0.4 is 14.8 Å². The molecule has 4 nitrogen and oxygen atoms in total. The highest BCUT2D eigenvalue weighted by molar-refractivity contribution is 6.32. The molecule has 0 saturated carbocycles. The van der Waals surface area contributed by atoms with E-state index in [1.807, 2.05) is 0 Å². The molecule has 0 spiro atoms. The Labute approximate surface area is 139 Å². The molecular formula is C17H18ClFN2O2. The van der Waals surface area contributed by atoms with Gasteiger partial charge in [0.1, 0.15) is 11.6 Å². The van der Waals surface area contributed by atoms with Crippen LogP contribution >= 0.6 is 11.6 Å². The van der Waals surface area contributed by atoms with Crippen molar-refractivity contribution >= 4 is 11.6 Å². The van der Waals surface area contributed by atoms with Crippen molar-refractivity contribution in [1.82, 2.24) is 10.3 Å². The number of ether oxygens (including phenoxy) is 2.